The van der Waals surface area contributed by atoms with Crippen LogP contribution in [0, 0.1) is 0 Å². The number of hydrogen-bond donors (Lipinski definition) is 2. The first-order valence-electron chi connectivity index (χ1n) is 7.36. The van der Waals surface area contributed by atoms with E-state index in [4.69, 9.17) is 9.47 Å². The Morgan fingerprint density at radius 1 is 1.00 bits per heavy atom. The standard InChI is InChI=1S/C18H19N3O2/c1-22-15-7-5-6-13(10-15)19-12-14-11-17(21-20-14)16-8-3-4-9-18(16)23-2/h3-11,19H,12H2,1-2H3,(H,20,21). The molecule has 0 aliphatic carbocycles. The summed E-state index contributed by atoms with van der Waals surface area (Å²) in [6.07, 6.45) is 0. The molecule has 0 aliphatic rings. The quantitative estimate of drug-likeness (QED) is 0.729. The monoisotopic (exact) mass is 309 g/mol. The summed E-state index contributed by atoms with van der Waals surface area (Å²) in [5.41, 5.74) is 3.83. The Labute approximate surface area is 135 Å². The van der Waals surface area contributed by atoms with Crippen molar-refractivity contribution in [3.05, 3.63) is 60.3 Å². The van der Waals surface area contributed by atoms with Gasteiger partial charge in [-0.15, -0.1) is 0 Å². The fourth-order valence-electron chi connectivity index (χ4n) is 2.38. The van der Waals surface area contributed by atoms with Crippen molar-refractivity contribution in [2.24, 2.45) is 0 Å². The van der Waals surface area contributed by atoms with E-state index in [-0.39, 0.29) is 0 Å². The number of ether oxygens (including phenoxy) is 2. The van der Waals surface area contributed by atoms with Crippen molar-refractivity contribution in [3.8, 4) is 22.8 Å². The molecule has 118 valence electrons. The van der Waals surface area contributed by atoms with Gasteiger partial charge in [0.25, 0.3) is 0 Å². The highest BCUT2D eigenvalue weighted by Crippen LogP contribution is 2.28. The maximum Gasteiger partial charge on any atom is 0.128 e. The molecule has 2 N–H and O–H groups in total. The molecule has 0 aliphatic heterocycles. The van der Waals surface area contributed by atoms with Crippen LogP contribution in [0.4, 0.5) is 5.69 Å². The molecule has 3 aromatic rings. The van der Waals surface area contributed by atoms with Gasteiger partial charge in [-0.25, -0.2) is 0 Å². The molecule has 0 saturated heterocycles. The Morgan fingerprint density at radius 2 is 1.87 bits per heavy atom. The Hall–Kier alpha value is -2.95. The lowest BCUT2D eigenvalue weighted by molar-refractivity contribution is 0.415. The van der Waals surface area contributed by atoms with Crippen LogP contribution in [-0.4, -0.2) is 24.4 Å². The van der Waals surface area contributed by atoms with Gasteiger partial charge in [0.2, 0.25) is 0 Å². The second-order valence-electron chi connectivity index (χ2n) is 5.06. The lowest BCUT2D eigenvalue weighted by Crippen LogP contribution is -1.99. The van der Waals surface area contributed by atoms with Gasteiger partial charge in [-0.1, -0.05) is 18.2 Å². The van der Waals surface area contributed by atoms with Crippen molar-refractivity contribution >= 4 is 5.69 Å². The summed E-state index contributed by atoms with van der Waals surface area (Å²) in [7, 11) is 3.32. The van der Waals surface area contributed by atoms with Crippen molar-refractivity contribution in [1.29, 1.82) is 0 Å². The van der Waals surface area contributed by atoms with Crippen molar-refractivity contribution in [3.63, 3.8) is 0 Å². The summed E-state index contributed by atoms with van der Waals surface area (Å²) in [5.74, 6) is 1.64. The number of para-hydroxylation sites is 1. The first-order chi connectivity index (χ1) is 11.3. The van der Waals surface area contributed by atoms with E-state index in [0.717, 1.165) is 34.1 Å². The summed E-state index contributed by atoms with van der Waals surface area (Å²) in [5, 5.41) is 10.8. The topological polar surface area (TPSA) is 59.2 Å². The zero-order valence-electron chi connectivity index (χ0n) is 13.2. The minimum atomic E-state index is 0.648. The number of anilines is 1. The SMILES string of the molecule is COc1cccc(NCc2cc(-c3ccccc3OC)n[nH]2)c1. The average Bonchev–Trinajstić information content (AvgIpc) is 3.09. The molecule has 0 saturated carbocycles. The van der Waals surface area contributed by atoms with Crippen LogP contribution in [0.3, 0.4) is 0 Å². The van der Waals surface area contributed by atoms with Crippen LogP contribution in [0.2, 0.25) is 0 Å². The number of benzene rings is 2. The van der Waals surface area contributed by atoms with Gasteiger partial charge in [0, 0.05) is 17.3 Å². The fourth-order valence-corrected chi connectivity index (χ4v) is 2.38. The van der Waals surface area contributed by atoms with E-state index < -0.39 is 0 Å². The number of rotatable bonds is 6. The molecule has 0 atom stereocenters. The summed E-state index contributed by atoms with van der Waals surface area (Å²) < 4.78 is 10.6. The van der Waals surface area contributed by atoms with Gasteiger partial charge < -0.3 is 14.8 Å². The van der Waals surface area contributed by atoms with Crippen LogP contribution in [0.25, 0.3) is 11.3 Å². The van der Waals surface area contributed by atoms with Crippen molar-refractivity contribution < 1.29 is 9.47 Å². The van der Waals surface area contributed by atoms with Crippen molar-refractivity contribution in [2.75, 3.05) is 19.5 Å². The third kappa shape index (κ3) is 3.45. The van der Waals surface area contributed by atoms with E-state index in [2.05, 4.69) is 15.5 Å². The third-order valence-electron chi connectivity index (χ3n) is 3.57. The minimum absolute atomic E-state index is 0.648. The molecule has 0 radical (unpaired) electrons. The van der Waals surface area contributed by atoms with Crippen molar-refractivity contribution in [1.82, 2.24) is 10.2 Å². The van der Waals surface area contributed by atoms with Gasteiger partial charge in [0.15, 0.2) is 0 Å². The number of H-pyrrole nitrogens is 1. The molecule has 3 rings (SSSR count). The van der Waals surface area contributed by atoms with Crippen LogP contribution in [0.15, 0.2) is 54.6 Å². The van der Waals surface area contributed by atoms with E-state index >= 15 is 0 Å². The molecule has 0 bridgehead atoms. The van der Waals surface area contributed by atoms with Crippen LogP contribution in [-0.2, 0) is 6.54 Å². The molecule has 5 heteroatoms. The molecular formula is C18H19N3O2. The lowest BCUT2D eigenvalue weighted by atomic mass is 10.1. The second kappa shape index (κ2) is 6.87. The van der Waals surface area contributed by atoms with Crippen LogP contribution >= 0.6 is 0 Å². The summed E-state index contributed by atoms with van der Waals surface area (Å²) >= 11 is 0. The normalized spacial score (nSPS) is 10.3. The number of nitrogens with one attached hydrogen (secondary N) is 2. The highest BCUT2D eigenvalue weighted by Gasteiger charge is 2.09. The molecular weight excluding hydrogens is 290 g/mol. The van der Waals surface area contributed by atoms with E-state index in [9.17, 15) is 0 Å². The lowest BCUT2D eigenvalue weighted by Gasteiger charge is -2.06. The minimum Gasteiger partial charge on any atom is -0.497 e. The summed E-state index contributed by atoms with van der Waals surface area (Å²) in [6, 6.07) is 17.7. The first kappa shape index (κ1) is 15.0. The Morgan fingerprint density at radius 3 is 2.70 bits per heavy atom. The van der Waals surface area contributed by atoms with E-state index in [1.54, 1.807) is 14.2 Å². The van der Waals surface area contributed by atoms with Crippen LogP contribution < -0.4 is 14.8 Å². The zero-order valence-corrected chi connectivity index (χ0v) is 13.2. The predicted octanol–water partition coefficient (Wildman–Crippen LogP) is 3.71. The number of aromatic amines is 1. The molecule has 0 fully saturated rings. The highest BCUT2D eigenvalue weighted by atomic mass is 16.5. The zero-order chi connectivity index (χ0) is 16.1. The average molecular weight is 309 g/mol. The first-order valence-corrected chi connectivity index (χ1v) is 7.36. The van der Waals surface area contributed by atoms with Gasteiger partial charge in [0.1, 0.15) is 11.5 Å². The molecule has 0 spiro atoms. The number of hydrogen-bond acceptors (Lipinski definition) is 4. The van der Waals surface area contributed by atoms with Crippen molar-refractivity contribution in [2.45, 2.75) is 6.54 Å². The smallest absolute Gasteiger partial charge is 0.128 e. The molecule has 23 heavy (non-hydrogen) atoms. The maximum absolute atomic E-state index is 5.38. The molecule has 5 nitrogen and oxygen atoms in total. The van der Waals surface area contributed by atoms with Gasteiger partial charge in [-0.05, 0) is 30.3 Å². The van der Waals surface area contributed by atoms with Gasteiger partial charge in [-0.3, -0.25) is 5.10 Å². The number of nitrogens with zero attached hydrogens (tertiary/aromatic N) is 1. The molecule has 0 unspecified atom stereocenters. The maximum atomic E-state index is 5.38. The van der Waals surface area contributed by atoms with Gasteiger partial charge in [-0.2, -0.15) is 5.10 Å². The molecule has 1 aromatic heterocycles. The summed E-state index contributed by atoms with van der Waals surface area (Å²) in [4.78, 5) is 0. The second-order valence-corrected chi connectivity index (χ2v) is 5.06. The molecule has 1 heterocycles. The van der Waals surface area contributed by atoms with E-state index in [0.29, 0.717) is 6.54 Å². The largest absolute Gasteiger partial charge is 0.497 e. The molecule has 2 aromatic carbocycles. The van der Waals surface area contributed by atoms with E-state index in [1.807, 2.05) is 54.6 Å². The fraction of sp³-hybridized carbons (Fsp3) is 0.167. The Kier molecular flexibility index (Phi) is 4.47. The Bertz CT molecular complexity index is 783. The van der Waals surface area contributed by atoms with Gasteiger partial charge in [0.05, 0.1) is 32.2 Å². The van der Waals surface area contributed by atoms with Crippen LogP contribution in [0.5, 0.6) is 11.5 Å². The highest BCUT2D eigenvalue weighted by molar-refractivity contribution is 5.67. The van der Waals surface area contributed by atoms with Crippen LogP contribution in [0.1, 0.15) is 5.69 Å². The molecule has 0 amide bonds. The predicted molar refractivity (Wildman–Crippen MR) is 90.9 cm³/mol. The Balaban J connectivity index is 1.72. The summed E-state index contributed by atoms with van der Waals surface area (Å²) in [6.45, 7) is 0.648. The number of methoxy groups -OCH3 is 2. The number of aromatic nitrogens is 2. The third-order valence-corrected chi connectivity index (χ3v) is 3.57. The van der Waals surface area contributed by atoms with Gasteiger partial charge >= 0.3 is 0 Å². The van der Waals surface area contributed by atoms with E-state index in [1.165, 1.54) is 0 Å².